The summed E-state index contributed by atoms with van der Waals surface area (Å²) in [4.78, 5) is 0. The lowest BCUT2D eigenvalue weighted by atomic mass is 10.0. The van der Waals surface area contributed by atoms with Crippen molar-refractivity contribution in [2.45, 2.75) is 59.8 Å². The first-order valence-corrected chi connectivity index (χ1v) is 9.24. The Kier molecular flexibility index (Phi) is 5.13. The second kappa shape index (κ2) is 7.29. The van der Waals surface area contributed by atoms with E-state index in [0.717, 1.165) is 41.9 Å². The van der Waals surface area contributed by atoms with Gasteiger partial charge in [0.2, 0.25) is 0 Å². The summed E-state index contributed by atoms with van der Waals surface area (Å²) in [6.45, 7) is 9.46. The molecule has 2 nitrogen and oxygen atoms in total. The molecule has 0 fully saturated rings. The van der Waals surface area contributed by atoms with Crippen LogP contribution < -0.4 is 4.74 Å². The van der Waals surface area contributed by atoms with E-state index in [9.17, 15) is 0 Å². The number of ether oxygens (including phenoxy) is 1. The van der Waals surface area contributed by atoms with Gasteiger partial charge in [-0.05, 0) is 49.9 Å². The number of aryl methyl sites for hydroxylation is 3. The zero-order chi connectivity index (χ0) is 17.1. The number of furan rings is 1. The Labute approximate surface area is 144 Å². The highest BCUT2D eigenvalue weighted by atomic mass is 16.5. The van der Waals surface area contributed by atoms with E-state index in [0.29, 0.717) is 0 Å². The topological polar surface area (TPSA) is 22.4 Å². The molecule has 0 saturated carbocycles. The SMILES string of the molecule is CCCCCCOc1ccc2c(oc3c(C)c(CC)ccc32)c1C. The molecule has 0 saturated heterocycles. The summed E-state index contributed by atoms with van der Waals surface area (Å²) in [6, 6.07) is 8.65. The van der Waals surface area contributed by atoms with Crippen LogP contribution >= 0.6 is 0 Å². The van der Waals surface area contributed by atoms with Crippen molar-refractivity contribution in [2.24, 2.45) is 0 Å². The number of rotatable bonds is 7. The average molecular weight is 324 g/mol. The molecule has 128 valence electrons. The van der Waals surface area contributed by atoms with Crippen LogP contribution in [0.25, 0.3) is 21.9 Å². The molecule has 0 aliphatic rings. The summed E-state index contributed by atoms with van der Waals surface area (Å²) >= 11 is 0. The maximum Gasteiger partial charge on any atom is 0.142 e. The first-order valence-electron chi connectivity index (χ1n) is 9.24. The quantitative estimate of drug-likeness (QED) is 0.450. The highest BCUT2D eigenvalue weighted by Crippen LogP contribution is 2.37. The lowest BCUT2D eigenvalue weighted by molar-refractivity contribution is 0.303. The van der Waals surface area contributed by atoms with Gasteiger partial charge < -0.3 is 9.15 Å². The summed E-state index contributed by atoms with van der Waals surface area (Å²) in [5.74, 6) is 0.950. The van der Waals surface area contributed by atoms with E-state index in [4.69, 9.17) is 9.15 Å². The fourth-order valence-electron chi connectivity index (χ4n) is 3.45. The summed E-state index contributed by atoms with van der Waals surface area (Å²) in [5.41, 5.74) is 5.70. The van der Waals surface area contributed by atoms with Gasteiger partial charge in [-0.25, -0.2) is 0 Å². The third-order valence-corrected chi connectivity index (χ3v) is 5.00. The second-order valence-electron chi connectivity index (χ2n) is 6.66. The van der Waals surface area contributed by atoms with Crippen LogP contribution in [0.4, 0.5) is 0 Å². The molecule has 2 aromatic carbocycles. The summed E-state index contributed by atoms with van der Waals surface area (Å²) in [6.07, 6.45) is 5.92. The predicted octanol–water partition coefficient (Wildman–Crippen LogP) is 6.72. The van der Waals surface area contributed by atoms with Gasteiger partial charge in [-0.2, -0.15) is 0 Å². The smallest absolute Gasteiger partial charge is 0.142 e. The van der Waals surface area contributed by atoms with Crippen molar-refractivity contribution in [3.05, 3.63) is 41.0 Å². The zero-order valence-corrected chi connectivity index (χ0v) is 15.4. The molecule has 0 spiro atoms. The van der Waals surface area contributed by atoms with E-state index < -0.39 is 0 Å². The minimum atomic E-state index is 0.783. The number of fused-ring (bicyclic) bond motifs is 3. The first-order chi connectivity index (χ1) is 11.7. The van der Waals surface area contributed by atoms with E-state index in [-0.39, 0.29) is 0 Å². The van der Waals surface area contributed by atoms with Gasteiger partial charge in [0.15, 0.2) is 0 Å². The van der Waals surface area contributed by atoms with Gasteiger partial charge >= 0.3 is 0 Å². The van der Waals surface area contributed by atoms with Crippen LogP contribution in [-0.2, 0) is 6.42 Å². The molecule has 0 bridgehead atoms. The summed E-state index contributed by atoms with van der Waals surface area (Å²) < 4.78 is 12.3. The zero-order valence-electron chi connectivity index (χ0n) is 15.4. The molecular weight excluding hydrogens is 296 g/mol. The molecule has 0 aliphatic carbocycles. The highest BCUT2D eigenvalue weighted by Gasteiger charge is 2.15. The molecule has 3 aromatic rings. The Morgan fingerprint density at radius 2 is 1.54 bits per heavy atom. The highest BCUT2D eigenvalue weighted by molar-refractivity contribution is 6.07. The van der Waals surface area contributed by atoms with Gasteiger partial charge in [-0.15, -0.1) is 0 Å². The van der Waals surface area contributed by atoms with Crippen molar-refractivity contribution in [2.75, 3.05) is 6.61 Å². The molecule has 0 amide bonds. The van der Waals surface area contributed by atoms with Gasteiger partial charge in [0.05, 0.1) is 6.61 Å². The largest absolute Gasteiger partial charge is 0.493 e. The van der Waals surface area contributed by atoms with Crippen LogP contribution in [0.3, 0.4) is 0 Å². The number of hydrogen-bond acceptors (Lipinski definition) is 2. The van der Waals surface area contributed by atoms with Crippen molar-refractivity contribution >= 4 is 21.9 Å². The van der Waals surface area contributed by atoms with Gasteiger partial charge in [-0.1, -0.05) is 45.2 Å². The van der Waals surface area contributed by atoms with Crippen LogP contribution in [-0.4, -0.2) is 6.61 Å². The standard InChI is InChI=1S/C22H28O2/c1-5-7-8-9-14-23-20-13-12-19-18-11-10-17(6-2)15(3)21(18)24-22(19)16(20)4/h10-13H,5-9,14H2,1-4H3. The normalized spacial score (nSPS) is 11.5. The molecule has 2 heteroatoms. The van der Waals surface area contributed by atoms with Gasteiger partial charge in [0.25, 0.3) is 0 Å². The number of hydrogen-bond donors (Lipinski definition) is 0. The van der Waals surface area contributed by atoms with Crippen molar-refractivity contribution in [3.8, 4) is 5.75 Å². The lowest BCUT2D eigenvalue weighted by Gasteiger charge is -2.09. The lowest BCUT2D eigenvalue weighted by Crippen LogP contribution is -1.98. The minimum Gasteiger partial charge on any atom is -0.493 e. The van der Waals surface area contributed by atoms with Gasteiger partial charge in [0, 0.05) is 16.3 Å². The Morgan fingerprint density at radius 1 is 0.833 bits per heavy atom. The van der Waals surface area contributed by atoms with Crippen molar-refractivity contribution < 1.29 is 9.15 Å². The van der Waals surface area contributed by atoms with Gasteiger partial charge in [0.1, 0.15) is 16.9 Å². The molecule has 0 aliphatic heterocycles. The Hall–Kier alpha value is -1.96. The van der Waals surface area contributed by atoms with E-state index in [1.165, 1.54) is 41.2 Å². The average Bonchev–Trinajstić information content (AvgIpc) is 2.97. The van der Waals surface area contributed by atoms with E-state index in [2.05, 4.69) is 52.0 Å². The fraction of sp³-hybridized carbons (Fsp3) is 0.455. The number of unbranched alkanes of at least 4 members (excludes halogenated alkanes) is 3. The van der Waals surface area contributed by atoms with Crippen molar-refractivity contribution in [3.63, 3.8) is 0 Å². The summed E-state index contributed by atoms with van der Waals surface area (Å²) in [5, 5.41) is 2.39. The van der Waals surface area contributed by atoms with Crippen LogP contribution in [0.2, 0.25) is 0 Å². The third-order valence-electron chi connectivity index (χ3n) is 5.00. The van der Waals surface area contributed by atoms with Crippen LogP contribution in [0.1, 0.15) is 56.2 Å². The van der Waals surface area contributed by atoms with E-state index >= 15 is 0 Å². The van der Waals surface area contributed by atoms with Crippen LogP contribution in [0.15, 0.2) is 28.7 Å². The Balaban J connectivity index is 1.93. The molecule has 3 rings (SSSR count). The van der Waals surface area contributed by atoms with E-state index in [1.54, 1.807) is 0 Å². The van der Waals surface area contributed by atoms with Crippen LogP contribution in [0, 0.1) is 13.8 Å². The molecule has 1 aromatic heterocycles. The molecule has 1 heterocycles. The predicted molar refractivity (Wildman–Crippen MR) is 102 cm³/mol. The molecule has 0 atom stereocenters. The molecular formula is C22H28O2. The second-order valence-corrected chi connectivity index (χ2v) is 6.66. The van der Waals surface area contributed by atoms with Gasteiger partial charge in [-0.3, -0.25) is 0 Å². The first kappa shape index (κ1) is 16.9. The third kappa shape index (κ3) is 3.02. The minimum absolute atomic E-state index is 0.783. The van der Waals surface area contributed by atoms with Crippen molar-refractivity contribution in [1.82, 2.24) is 0 Å². The maximum absolute atomic E-state index is 6.26. The van der Waals surface area contributed by atoms with Crippen molar-refractivity contribution in [1.29, 1.82) is 0 Å². The maximum atomic E-state index is 6.26. The Morgan fingerprint density at radius 3 is 2.25 bits per heavy atom. The molecule has 24 heavy (non-hydrogen) atoms. The monoisotopic (exact) mass is 324 g/mol. The fourth-order valence-corrected chi connectivity index (χ4v) is 3.45. The summed E-state index contributed by atoms with van der Waals surface area (Å²) in [7, 11) is 0. The van der Waals surface area contributed by atoms with Crippen LogP contribution in [0.5, 0.6) is 5.75 Å². The Bertz CT molecular complexity index is 842. The number of benzene rings is 2. The molecule has 0 radical (unpaired) electrons. The molecule has 0 unspecified atom stereocenters. The van der Waals surface area contributed by atoms with E-state index in [1.807, 2.05) is 0 Å². The molecule has 0 N–H and O–H groups in total.